The number of likely N-dealkylation sites (tertiary alicyclic amines) is 1. The normalized spacial score (nSPS) is 24.1. The van der Waals surface area contributed by atoms with Crippen molar-refractivity contribution in [3.05, 3.63) is 0 Å². The van der Waals surface area contributed by atoms with Crippen molar-refractivity contribution in [2.45, 2.75) is 39.2 Å². The van der Waals surface area contributed by atoms with Crippen LogP contribution in [0.25, 0.3) is 0 Å². The van der Waals surface area contributed by atoms with Crippen molar-refractivity contribution in [3.8, 4) is 0 Å². The molecule has 0 aromatic rings. The molecule has 0 amide bonds. The summed E-state index contributed by atoms with van der Waals surface area (Å²) in [6.07, 6.45) is 2.49. The zero-order valence-electron chi connectivity index (χ0n) is 10.3. The average molecular weight is 229 g/mol. The summed E-state index contributed by atoms with van der Waals surface area (Å²) in [7, 11) is 0. The smallest absolute Gasteiger partial charge is 0.310 e. The first-order valence-electron chi connectivity index (χ1n) is 6.20. The molecular weight excluding hydrogens is 206 g/mol. The predicted molar refractivity (Wildman–Crippen MR) is 62.1 cm³/mol. The van der Waals surface area contributed by atoms with Gasteiger partial charge in [0.25, 0.3) is 0 Å². The molecule has 2 atom stereocenters. The molecule has 1 aliphatic rings. The maximum atomic E-state index is 11.6. The Kier molecular flexibility index (Phi) is 5.77. The minimum Gasteiger partial charge on any atom is -0.466 e. The Morgan fingerprint density at radius 1 is 1.62 bits per heavy atom. The summed E-state index contributed by atoms with van der Waals surface area (Å²) in [4.78, 5) is 13.8. The molecule has 1 saturated heterocycles. The Morgan fingerprint density at radius 2 is 2.38 bits per heavy atom. The molecule has 0 radical (unpaired) electrons. The van der Waals surface area contributed by atoms with Crippen LogP contribution in [-0.4, -0.2) is 48.3 Å². The van der Waals surface area contributed by atoms with Gasteiger partial charge in [0.15, 0.2) is 0 Å². The first-order chi connectivity index (χ1) is 7.63. The molecule has 4 heteroatoms. The van der Waals surface area contributed by atoms with Crippen LogP contribution in [0.3, 0.4) is 0 Å². The number of esters is 1. The fraction of sp³-hybridized carbons (Fsp3) is 0.917. The second-order valence-electron chi connectivity index (χ2n) is 4.53. The van der Waals surface area contributed by atoms with E-state index in [9.17, 15) is 9.90 Å². The summed E-state index contributed by atoms with van der Waals surface area (Å²) >= 11 is 0. The Hall–Kier alpha value is -0.610. The molecule has 1 fully saturated rings. The van der Waals surface area contributed by atoms with Crippen LogP contribution in [0.1, 0.15) is 33.1 Å². The Bertz CT molecular complexity index is 218. The van der Waals surface area contributed by atoms with Crippen LogP contribution < -0.4 is 0 Å². The van der Waals surface area contributed by atoms with E-state index in [4.69, 9.17) is 4.74 Å². The lowest BCUT2D eigenvalue weighted by molar-refractivity contribution is -0.149. The SMILES string of the molecule is CCOC(=O)C1CCCN(CCC(C)O)C1. The molecule has 0 aromatic heterocycles. The van der Waals surface area contributed by atoms with E-state index in [2.05, 4.69) is 4.90 Å². The van der Waals surface area contributed by atoms with Gasteiger partial charge in [-0.25, -0.2) is 0 Å². The van der Waals surface area contributed by atoms with Gasteiger partial charge in [0.05, 0.1) is 18.6 Å². The summed E-state index contributed by atoms with van der Waals surface area (Å²) in [6, 6.07) is 0. The first kappa shape index (κ1) is 13.5. The van der Waals surface area contributed by atoms with E-state index in [1.54, 1.807) is 6.92 Å². The molecule has 16 heavy (non-hydrogen) atoms. The molecule has 0 saturated carbocycles. The van der Waals surface area contributed by atoms with Crippen molar-refractivity contribution in [2.24, 2.45) is 5.92 Å². The molecule has 1 rings (SSSR count). The molecule has 0 bridgehead atoms. The van der Waals surface area contributed by atoms with Crippen LogP contribution in [0.2, 0.25) is 0 Å². The number of aliphatic hydroxyl groups is 1. The zero-order valence-corrected chi connectivity index (χ0v) is 10.3. The third-order valence-electron chi connectivity index (χ3n) is 2.99. The highest BCUT2D eigenvalue weighted by molar-refractivity contribution is 5.72. The fourth-order valence-electron chi connectivity index (χ4n) is 2.08. The van der Waals surface area contributed by atoms with Crippen molar-refractivity contribution >= 4 is 5.97 Å². The van der Waals surface area contributed by atoms with Crippen LogP contribution >= 0.6 is 0 Å². The highest BCUT2D eigenvalue weighted by atomic mass is 16.5. The van der Waals surface area contributed by atoms with Crippen LogP contribution in [0.15, 0.2) is 0 Å². The van der Waals surface area contributed by atoms with Crippen LogP contribution in [0.5, 0.6) is 0 Å². The Balaban J connectivity index is 2.32. The topological polar surface area (TPSA) is 49.8 Å². The maximum Gasteiger partial charge on any atom is 0.310 e. The van der Waals surface area contributed by atoms with E-state index in [0.29, 0.717) is 6.61 Å². The highest BCUT2D eigenvalue weighted by Gasteiger charge is 2.26. The number of hydrogen-bond acceptors (Lipinski definition) is 4. The first-order valence-corrected chi connectivity index (χ1v) is 6.20. The van der Waals surface area contributed by atoms with Gasteiger partial charge in [0, 0.05) is 13.1 Å². The summed E-state index contributed by atoms with van der Waals surface area (Å²) in [5.41, 5.74) is 0. The van der Waals surface area contributed by atoms with Gasteiger partial charge in [-0.05, 0) is 39.7 Å². The number of rotatable bonds is 5. The van der Waals surface area contributed by atoms with Crippen molar-refractivity contribution in [1.82, 2.24) is 4.90 Å². The molecule has 94 valence electrons. The van der Waals surface area contributed by atoms with E-state index in [0.717, 1.165) is 38.9 Å². The molecule has 1 N–H and O–H groups in total. The third kappa shape index (κ3) is 4.49. The molecule has 0 spiro atoms. The van der Waals surface area contributed by atoms with Gasteiger partial charge in [-0.3, -0.25) is 4.79 Å². The van der Waals surface area contributed by atoms with E-state index in [1.807, 2.05) is 6.92 Å². The van der Waals surface area contributed by atoms with Crippen molar-refractivity contribution in [3.63, 3.8) is 0 Å². The van der Waals surface area contributed by atoms with Crippen LogP contribution in [0.4, 0.5) is 0 Å². The van der Waals surface area contributed by atoms with E-state index in [-0.39, 0.29) is 18.0 Å². The summed E-state index contributed by atoms with van der Waals surface area (Å²) < 4.78 is 5.04. The van der Waals surface area contributed by atoms with Crippen LogP contribution in [0, 0.1) is 5.92 Å². The van der Waals surface area contributed by atoms with Crippen molar-refractivity contribution in [2.75, 3.05) is 26.2 Å². The second-order valence-corrected chi connectivity index (χ2v) is 4.53. The predicted octanol–water partition coefficient (Wildman–Crippen LogP) is 1.03. The van der Waals surface area contributed by atoms with Gasteiger partial charge in [-0.2, -0.15) is 0 Å². The fourth-order valence-corrected chi connectivity index (χ4v) is 2.08. The van der Waals surface area contributed by atoms with Gasteiger partial charge < -0.3 is 14.7 Å². The summed E-state index contributed by atoms with van der Waals surface area (Å²) in [6.45, 7) is 6.78. The standard InChI is InChI=1S/C12H23NO3/c1-3-16-12(15)11-5-4-7-13(9-11)8-6-10(2)14/h10-11,14H,3-9H2,1-2H3. The number of hydrogen-bond donors (Lipinski definition) is 1. The summed E-state index contributed by atoms with van der Waals surface area (Å²) in [5, 5.41) is 9.22. The van der Waals surface area contributed by atoms with Crippen molar-refractivity contribution in [1.29, 1.82) is 0 Å². The van der Waals surface area contributed by atoms with E-state index >= 15 is 0 Å². The zero-order chi connectivity index (χ0) is 12.0. The highest BCUT2D eigenvalue weighted by Crippen LogP contribution is 2.18. The molecule has 1 aliphatic heterocycles. The van der Waals surface area contributed by atoms with Gasteiger partial charge in [0.2, 0.25) is 0 Å². The largest absolute Gasteiger partial charge is 0.466 e. The second kappa shape index (κ2) is 6.86. The van der Waals surface area contributed by atoms with E-state index in [1.165, 1.54) is 0 Å². The lowest BCUT2D eigenvalue weighted by Crippen LogP contribution is -2.40. The minimum absolute atomic E-state index is 0.0303. The molecule has 4 nitrogen and oxygen atoms in total. The number of aliphatic hydroxyl groups excluding tert-OH is 1. The van der Waals surface area contributed by atoms with Gasteiger partial charge in [-0.1, -0.05) is 0 Å². The molecular formula is C12H23NO3. The summed E-state index contributed by atoms with van der Waals surface area (Å²) in [5.74, 6) is -0.0352. The lowest BCUT2D eigenvalue weighted by Gasteiger charge is -2.31. The monoisotopic (exact) mass is 229 g/mol. The van der Waals surface area contributed by atoms with Crippen molar-refractivity contribution < 1.29 is 14.6 Å². The van der Waals surface area contributed by atoms with Gasteiger partial charge in [-0.15, -0.1) is 0 Å². The molecule has 2 unspecified atom stereocenters. The quantitative estimate of drug-likeness (QED) is 0.715. The lowest BCUT2D eigenvalue weighted by atomic mass is 9.98. The molecule has 0 aliphatic carbocycles. The van der Waals surface area contributed by atoms with Gasteiger partial charge >= 0.3 is 5.97 Å². The van der Waals surface area contributed by atoms with Crippen LogP contribution in [-0.2, 0) is 9.53 Å². The average Bonchev–Trinajstić information content (AvgIpc) is 2.27. The number of carbonyl (C=O) groups is 1. The third-order valence-corrected chi connectivity index (χ3v) is 2.99. The molecule has 1 heterocycles. The number of piperidine rings is 1. The molecule has 0 aromatic carbocycles. The number of ether oxygens (including phenoxy) is 1. The minimum atomic E-state index is -0.261. The van der Waals surface area contributed by atoms with E-state index < -0.39 is 0 Å². The Labute approximate surface area is 97.6 Å². The number of nitrogens with zero attached hydrogens (tertiary/aromatic N) is 1. The maximum absolute atomic E-state index is 11.6. The Morgan fingerprint density at radius 3 is 3.00 bits per heavy atom. The number of carbonyl (C=O) groups excluding carboxylic acids is 1. The van der Waals surface area contributed by atoms with Gasteiger partial charge in [0.1, 0.15) is 0 Å².